The van der Waals surface area contributed by atoms with Crippen molar-refractivity contribution < 1.29 is 55.6 Å². The van der Waals surface area contributed by atoms with E-state index in [9.17, 15) is 17.8 Å². The Bertz CT molecular complexity index is 542. The second-order valence-corrected chi connectivity index (χ2v) is 3.45. The molecular formula is C8H8NNaO5S. The molecule has 0 bridgehead atoms. The predicted octanol–water partition coefficient (Wildman–Crippen LogP) is -2.51. The van der Waals surface area contributed by atoms with Gasteiger partial charge in [-0.05, 0) is 24.3 Å². The van der Waals surface area contributed by atoms with E-state index in [0.717, 1.165) is 12.1 Å². The van der Waals surface area contributed by atoms with Crippen LogP contribution in [0.5, 0.6) is 5.75 Å². The van der Waals surface area contributed by atoms with Crippen LogP contribution in [-0.2, 0) is 15.2 Å². The first-order valence-corrected chi connectivity index (χ1v) is 4.98. The van der Waals surface area contributed by atoms with Crippen LogP contribution in [0.2, 0.25) is 0 Å². The molecule has 0 fully saturated rings. The van der Waals surface area contributed by atoms with Gasteiger partial charge in [-0.25, -0.2) is 8.42 Å². The van der Waals surface area contributed by atoms with E-state index >= 15 is 0 Å². The minimum absolute atomic E-state index is 0. The average Bonchev–Trinajstić information content (AvgIpc) is 2.17. The van der Waals surface area contributed by atoms with Crippen LogP contribution >= 0.6 is 0 Å². The molecule has 0 aliphatic carbocycles. The summed E-state index contributed by atoms with van der Waals surface area (Å²) in [5.74, 6) is -1.41. The maximum absolute atomic E-state index is 11.1. The first kappa shape index (κ1) is 10.5. The van der Waals surface area contributed by atoms with Crippen molar-refractivity contribution in [3.8, 4) is 5.75 Å². The quantitative estimate of drug-likeness (QED) is 0.366. The summed E-state index contributed by atoms with van der Waals surface area (Å²) in [5.41, 5.74) is 0.131. The van der Waals surface area contributed by atoms with E-state index < -0.39 is 23.2 Å². The van der Waals surface area contributed by atoms with Gasteiger partial charge in [0.1, 0.15) is 5.75 Å². The summed E-state index contributed by atoms with van der Waals surface area (Å²) in [6.07, 6.45) is 0. The smallest absolute Gasteiger partial charge is 0.716 e. The third kappa shape index (κ3) is 6.09. The van der Waals surface area contributed by atoms with Gasteiger partial charge in [0.15, 0.2) is 0 Å². The Hall–Kier alpha value is -0.600. The molecule has 1 amide bonds. The molecule has 0 atom stereocenters. The van der Waals surface area contributed by atoms with E-state index in [-0.39, 0.29) is 41.0 Å². The molecule has 1 rings (SSSR count). The second kappa shape index (κ2) is 6.21. The van der Waals surface area contributed by atoms with Crippen molar-refractivity contribution in [2.75, 3.05) is 5.32 Å². The van der Waals surface area contributed by atoms with Crippen molar-refractivity contribution >= 4 is 22.0 Å². The minimum Gasteiger partial charge on any atom is -0.716 e. The Morgan fingerprint density at radius 2 is 2.00 bits per heavy atom. The Morgan fingerprint density at radius 3 is 2.44 bits per heavy atom. The third-order valence-electron chi connectivity index (χ3n) is 1.31. The van der Waals surface area contributed by atoms with Crippen molar-refractivity contribution in [2.24, 2.45) is 0 Å². The molecule has 16 heavy (non-hydrogen) atoms. The van der Waals surface area contributed by atoms with Crippen LogP contribution in [0.3, 0.4) is 0 Å². The standard InChI is InChI=1S/C8H9NO5S.Na/c1-6(10)9-7-2-4-8(5-3-7)14-15(11,12)13;/h2-5H,1H3,(H,9,10)(H,11,12,13);/q;+1/p-1/i1D3;. The number of rotatable bonds is 3. The zero-order chi connectivity index (χ0) is 14.0. The number of nitrogens with one attached hydrogen (secondary N) is 1. The zero-order valence-corrected chi connectivity index (χ0v) is 11.1. The van der Waals surface area contributed by atoms with E-state index in [1.54, 1.807) is 0 Å². The molecule has 0 aromatic heterocycles. The third-order valence-corrected chi connectivity index (χ3v) is 1.71. The molecule has 0 unspecified atom stereocenters. The van der Waals surface area contributed by atoms with Crippen LogP contribution in [0.4, 0.5) is 5.69 Å². The number of benzene rings is 1. The van der Waals surface area contributed by atoms with Gasteiger partial charge < -0.3 is 14.1 Å². The summed E-state index contributed by atoms with van der Waals surface area (Å²) in [5, 5.41) is 2.09. The van der Waals surface area contributed by atoms with Gasteiger partial charge >= 0.3 is 29.6 Å². The van der Waals surface area contributed by atoms with E-state index in [1.807, 2.05) is 0 Å². The SMILES string of the molecule is [2H]C([2H])([2H])C(=O)Nc1ccc(OS(=O)(=O)[O-])cc1.[Na+]. The van der Waals surface area contributed by atoms with E-state index in [4.69, 9.17) is 4.11 Å². The van der Waals surface area contributed by atoms with Crippen molar-refractivity contribution in [1.82, 2.24) is 0 Å². The average molecular weight is 256 g/mol. The van der Waals surface area contributed by atoms with Gasteiger partial charge in [0.2, 0.25) is 5.91 Å². The molecule has 0 saturated carbocycles. The summed E-state index contributed by atoms with van der Waals surface area (Å²) >= 11 is 0. The largest absolute Gasteiger partial charge is 1.00 e. The fraction of sp³-hybridized carbons (Fsp3) is 0.125. The fourth-order valence-corrected chi connectivity index (χ4v) is 1.19. The van der Waals surface area contributed by atoms with Crippen molar-refractivity contribution in [2.45, 2.75) is 6.85 Å². The maximum atomic E-state index is 11.1. The molecule has 0 radical (unpaired) electrons. The summed E-state index contributed by atoms with van der Waals surface area (Å²) in [7, 11) is -4.86. The van der Waals surface area contributed by atoms with E-state index in [1.165, 1.54) is 12.1 Å². The molecule has 82 valence electrons. The summed E-state index contributed by atoms with van der Waals surface area (Å²) in [6, 6.07) is 4.60. The normalized spacial score (nSPS) is 13.7. The fourth-order valence-electron chi connectivity index (χ4n) is 0.843. The molecule has 6 nitrogen and oxygen atoms in total. The van der Waals surface area contributed by atoms with Crippen LogP contribution < -0.4 is 39.1 Å². The van der Waals surface area contributed by atoms with Gasteiger partial charge in [0.25, 0.3) is 10.4 Å². The molecule has 0 aliphatic heterocycles. The predicted molar refractivity (Wildman–Crippen MR) is 51.1 cm³/mol. The van der Waals surface area contributed by atoms with Crippen LogP contribution in [0.15, 0.2) is 24.3 Å². The Labute approximate surface area is 119 Å². The van der Waals surface area contributed by atoms with Crippen molar-refractivity contribution in [3.05, 3.63) is 24.3 Å². The molecule has 0 heterocycles. The molecule has 8 heteroatoms. The molecule has 0 spiro atoms. The molecule has 0 saturated heterocycles. The first-order valence-electron chi connectivity index (χ1n) is 5.15. The topological polar surface area (TPSA) is 95.5 Å². The van der Waals surface area contributed by atoms with Gasteiger partial charge in [0.05, 0.1) is 0 Å². The van der Waals surface area contributed by atoms with E-state index in [2.05, 4.69) is 9.50 Å². The summed E-state index contributed by atoms with van der Waals surface area (Å²) < 4.78 is 55.3. The van der Waals surface area contributed by atoms with E-state index in [0.29, 0.717) is 0 Å². The van der Waals surface area contributed by atoms with Gasteiger partial charge in [-0.2, -0.15) is 0 Å². The number of hydrogen-bond donors (Lipinski definition) is 1. The van der Waals surface area contributed by atoms with Crippen molar-refractivity contribution in [1.29, 1.82) is 0 Å². The molecule has 1 aromatic carbocycles. The van der Waals surface area contributed by atoms with Gasteiger partial charge in [-0.1, -0.05) is 0 Å². The Balaban J connectivity index is 0.00000324. The zero-order valence-electron chi connectivity index (χ0n) is 11.3. The number of hydrogen-bond acceptors (Lipinski definition) is 5. The van der Waals surface area contributed by atoms with Gasteiger partial charge in [-0.15, -0.1) is 0 Å². The first-order chi connectivity index (χ1) is 8.08. The molecule has 1 aromatic rings. The number of amides is 1. The Morgan fingerprint density at radius 1 is 1.44 bits per heavy atom. The van der Waals surface area contributed by atoms with Gasteiger partial charge in [0, 0.05) is 16.7 Å². The number of anilines is 1. The van der Waals surface area contributed by atoms with Gasteiger partial charge in [-0.3, -0.25) is 4.79 Å². The summed E-state index contributed by atoms with van der Waals surface area (Å²) in [6.45, 7) is -2.78. The summed E-state index contributed by atoms with van der Waals surface area (Å²) in [4.78, 5) is 11.1. The monoisotopic (exact) mass is 256 g/mol. The minimum atomic E-state index is -4.86. The molecule has 1 N–H and O–H groups in total. The maximum Gasteiger partial charge on any atom is 1.00 e. The van der Waals surface area contributed by atoms with Crippen LogP contribution in [0, 0.1) is 0 Å². The molecular weight excluding hydrogens is 245 g/mol. The van der Waals surface area contributed by atoms with Crippen LogP contribution in [0.1, 0.15) is 11.0 Å². The molecule has 0 aliphatic rings. The number of carbonyl (C=O) groups is 1. The number of carbonyl (C=O) groups excluding carboxylic acids is 1. The second-order valence-electron chi connectivity index (χ2n) is 2.47. The van der Waals surface area contributed by atoms with Crippen LogP contribution in [0.25, 0.3) is 0 Å². The van der Waals surface area contributed by atoms with Crippen molar-refractivity contribution in [3.63, 3.8) is 0 Å². The Kier molecular flexibility index (Phi) is 4.10. The van der Waals surface area contributed by atoms with Crippen LogP contribution in [-0.4, -0.2) is 18.9 Å².